The highest BCUT2D eigenvalue weighted by molar-refractivity contribution is 8.24. The summed E-state index contributed by atoms with van der Waals surface area (Å²) in [7, 11) is 0. The average Bonchev–Trinajstić information content (AvgIpc) is 2.61. The zero-order valence-corrected chi connectivity index (χ0v) is 13.2. The highest BCUT2D eigenvalue weighted by Crippen LogP contribution is 2.26. The lowest BCUT2D eigenvalue weighted by Gasteiger charge is -2.15. The molecule has 20 heavy (non-hydrogen) atoms. The van der Waals surface area contributed by atoms with E-state index >= 15 is 0 Å². The van der Waals surface area contributed by atoms with E-state index < -0.39 is 0 Å². The van der Waals surface area contributed by atoms with Crippen molar-refractivity contribution >= 4 is 45.8 Å². The number of nitrogens with one attached hydrogen (secondary N) is 1. The van der Waals surface area contributed by atoms with Gasteiger partial charge in [0.1, 0.15) is 10.9 Å². The molecule has 4 nitrogen and oxygen atoms in total. The molecule has 1 heterocycles. The molecule has 2 rings (SSSR count). The summed E-state index contributed by atoms with van der Waals surface area (Å²) in [6.45, 7) is 5.77. The van der Waals surface area contributed by atoms with Crippen LogP contribution in [0.25, 0.3) is 0 Å². The monoisotopic (exact) mass is 308 g/mol. The molecule has 0 saturated carbocycles. The van der Waals surface area contributed by atoms with Crippen molar-refractivity contribution in [1.82, 2.24) is 4.90 Å². The molecular formula is C14H16N2O2S2. The maximum absolute atomic E-state index is 12.0. The number of benzene rings is 1. The fourth-order valence-corrected chi connectivity index (χ4v) is 3.28. The van der Waals surface area contributed by atoms with Crippen LogP contribution < -0.4 is 5.32 Å². The van der Waals surface area contributed by atoms with Gasteiger partial charge in [0.15, 0.2) is 0 Å². The van der Waals surface area contributed by atoms with Gasteiger partial charge in [-0.1, -0.05) is 30.0 Å². The lowest BCUT2D eigenvalue weighted by atomic mass is 10.1. The van der Waals surface area contributed by atoms with Gasteiger partial charge in [0.25, 0.3) is 0 Å². The minimum absolute atomic E-state index is 0.0259. The van der Waals surface area contributed by atoms with Crippen LogP contribution in [-0.4, -0.2) is 32.8 Å². The number of rotatable bonds is 3. The first kappa shape index (κ1) is 15.0. The van der Waals surface area contributed by atoms with Crippen molar-refractivity contribution in [1.29, 1.82) is 0 Å². The minimum atomic E-state index is -0.237. The number of anilines is 1. The smallest absolute Gasteiger partial charge is 0.244 e. The minimum Gasteiger partial charge on any atom is -0.325 e. The Balaban J connectivity index is 2.00. The second-order valence-electron chi connectivity index (χ2n) is 4.80. The first-order valence-corrected chi connectivity index (χ1v) is 7.56. The van der Waals surface area contributed by atoms with Gasteiger partial charge in [-0.15, -0.1) is 0 Å². The van der Waals surface area contributed by atoms with Crippen LogP contribution in [0.3, 0.4) is 0 Å². The largest absolute Gasteiger partial charge is 0.325 e. The molecule has 106 valence electrons. The topological polar surface area (TPSA) is 49.4 Å². The summed E-state index contributed by atoms with van der Waals surface area (Å²) in [5.74, 6) is -0.339. The fourth-order valence-electron chi connectivity index (χ4n) is 1.88. The Morgan fingerprint density at radius 2 is 2.10 bits per heavy atom. The molecule has 1 aromatic carbocycles. The van der Waals surface area contributed by atoms with Gasteiger partial charge in [-0.3, -0.25) is 14.5 Å². The van der Waals surface area contributed by atoms with E-state index in [2.05, 4.69) is 5.32 Å². The third-order valence-corrected chi connectivity index (χ3v) is 4.69. The highest BCUT2D eigenvalue weighted by atomic mass is 32.2. The molecule has 1 atom stereocenters. The van der Waals surface area contributed by atoms with Crippen molar-refractivity contribution in [3.63, 3.8) is 0 Å². The second kappa shape index (κ2) is 5.93. The van der Waals surface area contributed by atoms with Gasteiger partial charge >= 0.3 is 0 Å². The number of thiocarbonyl (C=S) groups is 1. The number of hydrogen-bond acceptors (Lipinski definition) is 4. The molecule has 6 heteroatoms. The third-order valence-electron chi connectivity index (χ3n) is 3.20. The molecule has 1 fully saturated rings. The van der Waals surface area contributed by atoms with Crippen LogP contribution in [0.2, 0.25) is 0 Å². The molecule has 1 saturated heterocycles. The van der Waals surface area contributed by atoms with Gasteiger partial charge < -0.3 is 5.32 Å². The van der Waals surface area contributed by atoms with Crippen LogP contribution in [-0.2, 0) is 9.59 Å². The van der Waals surface area contributed by atoms with Crippen molar-refractivity contribution in [2.45, 2.75) is 26.0 Å². The number of thioether (sulfide) groups is 1. The first-order valence-electron chi connectivity index (χ1n) is 6.27. The molecule has 0 spiro atoms. The SMILES string of the molecule is Cc1ccc(NC(=O)CN2C(=O)C(C)SC2=S)cc1C. The molecule has 1 aromatic rings. The molecule has 2 amide bonds. The summed E-state index contributed by atoms with van der Waals surface area (Å²) in [6, 6.07) is 5.71. The molecule has 0 radical (unpaired) electrons. The number of nitrogens with zero attached hydrogens (tertiary/aromatic N) is 1. The zero-order chi connectivity index (χ0) is 14.9. The second-order valence-corrected chi connectivity index (χ2v) is 6.77. The van der Waals surface area contributed by atoms with Gasteiger partial charge in [-0.2, -0.15) is 0 Å². The summed E-state index contributed by atoms with van der Waals surface area (Å²) < 4.78 is 0.470. The Hall–Kier alpha value is -1.40. The normalized spacial score (nSPS) is 18.6. The predicted molar refractivity (Wildman–Crippen MR) is 85.9 cm³/mol. The predicted octanol–water partition coefficient (Wildman–Crippen LogP) is 2.49. The average molecular weight is 308 g/mol. The zero-order valence-electron chi connectivity index (χ0n) is 11.6. The molecular weight excluding hydrogens is 292 g/mol. The lowest BCUT2D eigenvalue weighted by Crippen LogP contribution is -2.37. The Bertz CT molecular complexity index is 587. The van der Waals surface area contributed by atoms with Crippen molar-refractivity contribution < 1.29 is 9.59 Å². The number of aryl methyl sites for hydroxylation is 2. The van der Waals surface area contributed by atoms with Gasteiger partial charge in [0, 0.05) is 5.69 Å². The van der Waals surface area contributed by atoms with Crippen LogP contribution in [0.5, 0.6) is 0 Å². The third kappa shape index (κ3) is 3.19. The van der Waals surface area contributed by atoms with E-state index in [0.717, 1.165) is 11.3 Å². The van der Waals surface area contributed by atoms with Gasteiger partial charge in [-0.25, -0.2) is 0 Å². The first-order chi connectivity index (χ1) is 9.38. The van der Waals surface area contributed by atoms with Crippen molar-refractivity contribution in [2.24, 2.45) is 0 Å². The lowest BCUT2D eigenvalue weighted by molar-refractivity contribution is -0.129. The number of carbonyl (C=O) groups is 2. The fraction of sp³-hybridized carbons (Fsp3) is 0.357. The quantitative estimate of drug-likeness (QED) is 0.872. The van der Waals surface area contributed by atoms with Crippen molar-refractivity contribution in [3.8, 4) is 0 Å². The summed E-state index contributed by atoms with van der Waals surface area (Å²) in [6.07, 6.45) is 0. The molecule has 1 aliphatic heterocycles. The highest BCUT2D eigenvalue weighted by Gasteiger charge is 2.34. The van der Waals surface area contributed by atoms with Gasteiger partial charge in [-0.05, 0) is 44.0 Å². The Labute approximate surface area is 127 Å². The molecule has 1 N–H and O–H groups in total. The van der Waals surface area contributed by atoms with Crippen molar-refractivity contribution in [3.05, 3.63) is 29.3 Å². The number of amides is 2. The molecule has 0 aromatic heterocycles. The van der Waals surface area contributed by atoms with Crippen molar-refractivity contribution in [2.75, 3.05) is 11.9 Å². The van der Waals surface area contributed by atoms with E-state index in [-0.39, 0.29) is 23.6 Å². The number of hydrogen-bond donors (Lipinski definition) is 1. The summed E-state index contributed by atoms with van der Waals surface area (Å²) >= 11 is 6.42. The van der Waals surface area contributed by atoms with Crippen LogP contribution in [0.15, 0.2) is 18.2 Å². The van der Waals surface area contributed by atoms with E-state index in [1.807, 2.05) is 32.0 Å². The Kier molecular flexibility index (Phi) is 4.45. The van der Waals surface area contributed by atoms with E-state index in [4.69, 9.17) is 12.2 Å². The molecule has 1 unspecified atom stereocenters. The van der Waals surface area contributed by atoms with Gasteiger partial charge in [0.05, 0.1) is 5.25 Å². The van der Waals surface area contributed by atoms with Crippen LogP contribution in [0, 0.1) is 13.8 Å². The summed E-state index contributed by atoms with van der Waals surface area (Å²) in [5, 5.41) is 2.59. The maximum atomic E-state index is 12.0. The van der Waals surface area contributed by atoms with E-state index in [0.29, 0.717) is 4.32 Å². The van der Waals surface area contributed by atoms with E-state index in [1.165, 1.54) is 22.2 Å². The van der Waals surface area contributed by atoms with Crippen LogP contribution in [0.4, 0.5) is 5.69 Å². The van der Waals surface area contributed by atoms with E-state index in [9.17, 15) is 9.59 Å². The summed E-state index contributed by atoms with van der Waals surface area (Å²) in [4.78, 5) is 25.2. The Morgan fingerprint density at radius 3 is 2.65 bits per heavy atom. The standard InChI is InChI=1S/C14H16N2O2S2/c1-8-4-5-11(6-9(8)2)15-12(17)7-16-13(18)10(3)20-14(16)19/h4-6,10H,7H2,1-3H3,(H,15,17). The maximum Gasteiger partial charge on any atom is 0.244 e. The van der Waals surface area contributed by atoms with Crippen LogP contribution >= 0.6 is 24.0 Å². The number of carbonyl (C=O) groups excluding carboxylic acids is 2. The molecule has 0 bridgehead atoms. The molecule has 0 aliphatic carbocycles. The van der Waals surface area contributed by atoms with E-state index in [1.54, 1.807) is 6.92 Å². The summed E-state index contributed by atoms with van der Waals surface area (Å²) in [5.41, 5.74) is 3.01. The Morgan fingerprint density at radius 1 is 1.40 bits per heavy atom. The van der Waals surface area contributed by atoms with Crippen LogP contribution in [0.1, 0.15) is 18.1 Å². The molecule has 1 aliphatic rings. The van der Waals surface area contributed by atoms with Gasteiger partial charge in [0.2, 0.25) is 11.8 Å².